The summed E-state index contributed by atoms with van der Waals surface area (Å²) >= 11 is 0. The Bertz CT molecular complexity index is 914. The van der Waals surface area contributed by atoms with E-state index in [-0.39, 0.29) is 16.8 Å². The van der Waals surface area contributed by atoms with Gasteiger partial charge in [0, 0.05) is 6.54 Å². The zero-order chi connectivity index (χ0) is 20.9. The predicted octanol–water partition coefficient (Wildman–Crippen LogP) is 3.51. The number of ether oxygens (including phenoxy) is 1. The second-order valence-electron chi connectivity index (χ2n) is 7.33. The fraction of sp³-hybridized carbons (Fsp3) is 0.409. The number of benzene rings is 2. The molecule has 1 fully saturated rings. The number of amides is 1. The van der Waals surface area contributed by atoms with E-state index in [1.165, 1.54) is 12.1 Å². The van der Waals surface area contributed by atoms with Crippen molar-refractivity contribution in [3.05, 3.63) is 60.2 Å². The van der Waals surface area contributed by atoms with E-state index in [4.69, 9.17) is 4.74 Å². The molecule has 29 heavy (non-hydrogen) atoms. The van der Waals surface area contributed by atoms with Gasteiger partial charge in [-0.3, -0.25) is 4.79 Å². The SMILES string of the molecule is COc1ccc(C2CCCCCN2C(=O)[C@H](C)NS(=O)(=O)c2ccccc2)cc1. The van der Waals surface area contributed by atoms with E-state index in [0.29, 0.717) is 6.54 Å². The van der Waals surface area contributed by atoms with Crippen LogP contribution in [0.25, 0.3) is 0 Å². The largest absolute Gasteiger partial charge is 0.497 e. The molecule has 1 aliphatic rings. The van der Waals surface area contributed by atoms with Gasteiger partial charge in [0.1, 0.15) is 5.75 Å². The van der Waals surface area contributed by atoms with Crippen LogP contribution < -0.4 is 9.46 Å². The van der Waals surface area contributed by atoms with Crippen LogP contribution in [-0.2, 0) is 14.8 Å². The minimum atomic E-state index is -3.76. The van der Waals surface area contributed by atoms with Gasteiger partial charge in [-0.05, 0) is 49.6 Å². The van der Waals surface area contributed by atoms with E-state index in [0.717, 1.165) is 37.0 Å². The van der Waals surface area contributed by atoms with Crippen LogP contribution in [-0.4, -0.2) is 38.9 Å². The summed E-state index contributed by atoms with van der Waals surface area (Å²) in [4.78, 5) is 15.2. The number of hydrogen-bond acceptors (Lipinski definition) is 4. The second kappa shape index (κ2) is 9.41. The van der Waals surface area contributed by atoms with E-state index in [1.54, 1.807) is 32.2 Å². The van der Waals surface area contributed by atoms with Crippen molar-refractivity contribution < 1.29 is 17.9 Å². The molecule has 1 saturated heterocycles. The molecule has 1 heterocycles. The molecule has 0 radical (unpaired) electrons. The van der Waals surface area contributed by atoms with Crippen molar-refractivity contribution in [1.29, 1.82) is 0 Å². The van der Waals surface area contributed by atoms with Crippen molar-refractivity contribution in [3.63, 3.8) is 0 Å². The third-order valence-electron chi connectivity index (χ3n) is 5.29. The van der Waals surface area contributed by atoms with Crippen LogP contribution >= 0.6 is 0 Å². The molecule has 2 atom stereocenters. The number of hydrogen-bond donors (Lipinski definition) is 1. The van der Waals surface area contributed by atoms with Gasteiger partial charge in [-0.2, -0.15) is 4.72 Å². The summed E-state index contributed by atoms with van der Waals surface area (Å²) in [5.41, 5.74) is 1.04. The first-order valence-electron chi connectivity index (χ1n) is 9.94. The maximum absolute atomic E-state index is 13.2. The van der Waals surface area contributed by atoms with Gasteiger partial charge in [-0.25, -0.2) is 8.42 Å². The Kier molecular flexibility index (Phi) is 6.92. The van der Waals surface area contributed by atoms with Gasteiger partial charge in [0.05, 0.1) is 24.1 Å². The summed E-state index contributed by atoms with van der Waals surface area (Å²) in [7, 11) is -2.14. The molecule has 2 aromatic rings. The molecule has 2 aromatic carbocycles. The van der Waals surface area contributed by atoms with Crippen molar-refractivity contribution in [3.8, 4) is 5.75 Å². The number of methoxy groups -OCH3 is 1. The lowest BCUT2D eigenvalue weighted by Gasteiger charge is -2.33. The van der Waals surface area contributed by atoms with Gasteiger partial charge in [0.2, 0.25) is 15.9 Å². The van der Waals surface area contributed by atoms with Crippen LogP contribution in [0.3, 0.4) is 0 Å². The number of likely N-dealkylation sites (tertiary alicyclic amines) is 1. The van der Waals surface area contributed by atoms with Crippen molar-refractivity contribution in [2.75, 3.05) is 13.7 Å². The summed E-state index contributed by atoms with van der Waals surface area (Å²) in [6.07, 6.45) is 3.86. The first-order chi connectivity index (χ1) is 13.9. The fourth-order valence-electron chi connectivity index (χ4n) is 3.74. The normalized spacial score (nSPS) is 18.7. The van der Waals surface area contributed by atoms with Crippen LogP contribution in [0.1, 0.15) is 44.2 Å². The summed E-state index contributed by atoms with van der Waals surface area (Å²) < 4.78 is 33.0. The van der Waals surface area contributed by atoms with Crippen molar-refractivity contribution in [1.82, 2.24) is 9.62 Å². The molecule has 0 bridgehead atoms. The van der Waals surface area contributed by atoms with Crippen molar-refractivity contribution in [2.24, 2.45) is 0 Å². The van der Waals surface area contributed by atoms with Crippen LogP contribution in [0.4, 0.5) is 0 Å². The first kappa shape index (κ1) is 21.3. The van der Waals surface area contributed by atoms with Crippen molar-refractivity contribution in [2.45, 2.75) is 49.6 Å². The van der Waals surface area contributed by atoms with Gasteiger partial charge in [-0.15, -0.1) is 0 Å². The molecule has 0 spiro atoms. The first-order valence-corrected chi connectivity index (χ1v) is 11.4. The zero-order valence-electron chi connectivity index (χ0n) is 16.9. The molecule has 0 aliphatic carbocycles. The molecular weight excluding hydrogens is 388 g/mol. The summed E-state index contributed by atoms with van der Waals surface area (Å²) in [6.45, 7) is 2.23. The Morgan fingerprint density at radius 2 is 1.76 bits per heavy atom. The highest BCUT2D eigenvalue weighted by molar-refractivity contribution is 7.89. The van der Waals surface area contributed by atoms with Crippen molar-refractivity contribution >= 4 is 15.9 Å². The molecule has 0 aromatic heterocycles. The monoisotopic (exact) mass is 416 g/mol. The minimum absolute atomic E-state index is 0.0698. The van der Waals surface area contributed by atoms with Crippen LogP contribution in [0.5, 0.6) is 5.75 Å². The van der Waals surface area contributed by atoms with E-state index in [1.807, 2.05) is 29.2 Å². The fourth-order valence-corrected chi connectivity index (χ4v) is 4.96. The number of carbonyl (C=O) groups is 1. The molecule has 1 aliphatic heterocycles. The number of rotatable bonds is 6. The Balaban J connectivity index is 1.80. The maximum atomic E-state index is 13.2. The van der Waals surface area contributed by atoms with E-state index in [9.17, 15) is 13.2 Å². The lowest BCUT2D eigenvalue weighted by Crippen LogP contribution is -2.48. The molecule has 1 amide bonds. The number of sulfonamides is 1. The van der Waals surface area contributed by atoms with E-state index >= 15 is 0 Å². The molecule has 7 heteroatoms. The molecule has 0 saturated carbocycles. The highest BCUT2D eigenvalue weighted by Crippen LogP contribution is 2.31. The number of nitrogens with zero attached hydrogens (tertiary/aromatic N) is 1. The summed E-state index contributed by atoms with van der Waals surface area (Å²) in [6, 6.07) is 14.9. The third kappa shape index (κ3) is 5.16. The van der Waals surface area contributed by atoms with Gasteiger partial charge in [0.25, 0.3) is 0 Å². The highest BCUT2D eigenvalue weighted by Gasteiger charge is 2.31. The summed E-state index contributed by atoms with van der Waals surface area (Å²) in [5, 5.41) is 0. The smallest absolute Gasteiger partial charge is 0.241 e. The average molecular weight is 417 g/mol. The van der Waals surface area contributed by atoms with E-state index in [2.05, 4.69) is 4.72 Å². The van der Waals surface area contributed by atoms with Gasteiger partial charge < -0.3 is 9.64 Å². The second-order valence-corrected chi connectivity index (χ2v) is 9.04. The Morgan fingerprint density at radius 1 is 1.07 bits per heavy atom. The topological polar surface area (TPSA) is 75.7 Å². The predicted molar refractivity (Wildman–Crippen MR) is 112 cm³/mol. The van der Waals surface area contributed by atoms with Crippen LogP contribution in [0, 0.1) is 0 Å². The highest BCUT2D eigenvalue weighted by atomic mass is 32.2. The van der Waals surface area contributed by atoms with Crippen LogP contribution in [0.2, 0.25) is 0 Å². The third-order valence-corrected chi connectivity index (χ3v) is 6.85. The lowest BCUT2D eigenvalue weighted by atomic mass is 10.00. The van der Waals surface area contributed by atoms with Gasteiger partial charge in [0.15, 0.2) is 0 Å². The zero-order valence-corrected chi connectivity index (χ0v) is 17.7. The van der Waals surface area contributed by atoms with Crippen LogP contribution in [0.15, 0.2) is 59.5 Å². The Labute approximate surface area is 172 Å². The molecule has 1 N–H and O–H groups in total. The van der Waals surface area contributed by atoms with E-state index < -0.39 is 16.1 Å². The molecular formula is C22H28N2O4S. The number of carbonyl (C=O) groups excluding carboxylic acids is 1. The minimum Gasteiger partial charge on any atom is -0.497 e. The summed E-state index contributed by atoms with van der Waals surface area (Å²) in [5.74, 6) is 0.566. The quantitative estimate of drug-likeness (QED) is 0.782. The Morgan fingerprint density at radius 3 is 2.41 bits per heavy atom. The maximum Gasteiger partial charge on any atom is 0.241 e. The molecule has 156 valence electrons. The lowest BCUT2D eigenvalue weighted by molar-refractivity contribution is -0.135. The molecule has 6 nitrogen and oxygen atoms in total. The number of nitrogens with one attached hydrogen (secondary N) is 1. The van der Waals surface area contributed by atoms with Gasteiger partial charge >= 0.3 is 0 Å². The molecule has 3 rings (SSSR count). The Hall–Kier alpha value is -2.38. The average Bonchev–Trinajstić information content (AvgIpc) is 2.99. The standard InChI is InChI=1S/C22H28N2O4S/c1-17(23-29(26,27)20-9-5-3-6-10-20)22(25)24-16-8-4-7-11-21(24)18-12-14-19(28-2)15-13-18/h3,5-6,9-10,12-15,17,21,23H,4,7-8,11,16H2,1-2H3/t17-,21?/m0/s1. The molecule has 1 unspecified atom stereocenters. The van der Waals surface area contributed by atoms with Gasteiger partial charge in [-0.1, -0.05) is 43.2 Å².